The predicted molar refractivity (Wildman–Crippen MR) is 161 cm³/mol. The molecule has 1 aromatic heterocycles. The summed E-state index contributed by atoms with van der Waals surface area (Å²) in [6.45, 7) is 5.89. The fraction of sp³-hybridized carbons (Fsp3) is 0.375. The maximum absolute atomic E-state index is 14.1. The predicted octanol–water partition coefficient (Wildman–Crippen LogP) is 2.21. The van der Waals surface area contributed by atoms with Crippen LogP contribution in [0.1, 0.15) is 48.7 Å². The van der Waals surface area contributed by atoms with Crippen LogP contribution in [0.2, 0.25) is 0 Å². The Bertz CT molecular complexity index is 1670. The van der Waals surface area contributed by atoms with Crippen LogP contribution in [0.5, 0.6) is 5.75 Å². The molecule has 12 heteroatoms. The van der Waals surface area contributed by atoms with Crippen molar-refractivity contribution in [2.75, 3.05) is 20.2 Å². The van der Waals surface area contributed by atoms with Gasteiger partial charge in [0.25, 0.3) is 5.91 Å². The van der Waals surface area contributed by atoms with Crippen LogP contribution in [0.15, 0.2) is 78.0 Å². The molecular formula is C32H36N4O7S. The summed E-state index contributed by atoms with van der Waals surface area (Å²) in [5.41, 5.74) is 2.10. The van der Waals surface area contributed by atoms with E-state index in [-0.39, 0.29) is 29.5 Å². The van der Waals surface area contributed by atoms with Crippen LogP contribution in [0.25, 0.3) is 0 Å². The van der Waals surface area contributed by atoms with Gasteiger partial charge in [0, 0.05) is 30.7 Å². The number of sulfonamides is 1. The molecule has 2 aliphatic heterocycles. The normalized spacial score (nSPS) is 19.5. The van der Waals surface area contributed by atoms with E-state index < -0.39 is 57.3 Å². The van der Waals surface area contributed by atoms with Gasteiger partial charge in [0.05, 0.1) is 19.7 Å². The molecule has 2 aliphatic rings. The van der Waals surface area contributed by atoms with E-state index in [1.165, 1.54) is 23.1 Å². The molecule has 0 radical (unpaired) electrons. The Kier molecular flexibility index (Phi) is 8.50. The first-order valence-corrected chi connectivity index (χ1v) is 15.8. The number of hydrogen-bond donors (Lipinski definition) is 1. The number of carbonyl (C=O) groups is 3. The Morgan fingerprint density at radius 2 is 1.75 bits per heavy atom. The Morgan fingerprint density at radius 1 is 1.07 bits per heavy atom. The minimum Gasteiger partial charge on any atom is -0.618 e. The van der Waals surface area contributed by atoms with Gasteiger partial charge >= 0.3 is 15.0 Å². The molecule has 3 unspecified atom stereocenters. The number of methoxy groups -OCH3 is 1. The summed E-state index contributed by atoms with van der Waals surface area (Å²) in [4.78, 5) is 42.1. The Balaban J connectivity index is 1.41. The molecule has 2 saturated heterocycles. The monoisotopic (exact) mass is 620 g/mol. The molecule has 0 saturated carbocycles. The van der Waals surface area contributed by atoms with Gasteiger partial charge in [0.15, 0.2) is 12.0 Å². The number of fused-ring (bicyclic) bond motifs is 1. The third-order valence-electron chi connectivity index (χ3n) is 8.24. The second kappa shape index (κ2) is 12.0. The van der Waals surface area contributed by atoms with E-state index in [0.717, 1.165) is 21.6 Å². The molecule has 44 heavy (non-hydrogen) atoms. The lowest BCUT2D eigenvalue weighted by Gasteiger charge is -2.28. The summed E-state index contributed by atoms with van der Waals surface area (Å²) >= 11 is 0. The van der Waals surface area contributed by atoms with E-state index in [2.05, 4.69) is 26.1 Å². The summed E-state index contributed by atoms with van der Waals surface area (Å²) in [6.07, 6.45) is 1.43. The number of amides is 2. The average Bonchev–Trinajstić information content (AvgIpc) is 3.58. The fourth-order valence-corrected chi connectivity index (χ4v) is 7.49. The molecule has 1 N–H and O–H groups in total. The van der Waals surface area contributed by atoms with E-state index in [4.69, 9.17) is 4.74 Å². The molecule has 3 atom stereocenters. The fourth-order valence-electron chi connectivity index (χ4n) is 5.83. The van der Waals surface area contributed by atoms with Crippen molar-refractivity contribution in [2.45, 2.75) is 62.2 Å². The number of aromatic nitrogens is 1. The van der Waals surface area contributed by atoms with Crippen molar-refractivity contribution in [1.82, 2.24) is 14.5 Å². The SMILES string of the molecule is COc1ccc(CC(NC(=O)c2ccc(C(C)(C)C)cc2)C(=O)N2CCC3C2C(=O)CN3S(=O)(=O)c2cccc[n+]2[O-])cc1. The number of pyridine rings is 1. The molecule has 11 nitrogen and oxygen atoms in total. The average molecular weight is 621 g/mol. The van der Waals surface area contributed by atoms with Gasteiger partial charge in [-0.3, -0.25) is 14.4 Å². The molecule has 2 amide bonds. The summed E-state index contributed by atoms with van der Waals surface area (Å²) in [6, 6.07) is 15.4. The van der Waals surface area contributed by atoms with E-state index in [1.54, 1.807) is 43.5 Å². The van der Waals surface area contributed by atoms with Gasteiger partial charge in [-0.1, -0.05) is 45.0 Å². The molecular weight excluding hydrogens is 584 g/mol. The highest BCUT2D eigenvalue weighted by Gasteiger charge is 2.55. The van der Waals surface area contributed by atoms with Gasteiger partial charge < -0.3 is 20.2 Å². The first kappa shape index (κ1) is 31.1. The van der Waals surface area contributed by atoms with Crippen LogP contribution in [0.3, 0.4) is 0 Å². The number of ether oxygens (including phenoxy) is 1. The zero-order valence-electron chi connectivity index (χ0n) is 25.1. The highest BCUT2D eigenvalue weighted by molar-refractivity contribution is 7.89. The highest BCUT2D eigenvalue weighted by atomic mass is 32.2. The van der Waals surface area contributed by atoms with E-state index in [1.807, 2.05) is 12.1 Å². The lowest BCUT2D eigenvalue weighted by molar-refractivity contribution is -0.646. The summed E-state index contributed by atoms with van der Waals surface area (Å²) < 4.78 is 33.3. The van der Waals surface area contributed by atoms with E-state index in [9.17, 15) is 28.0 Å². The van der Waals surface area contributed by atoms with E-state index >= 15 is 0 Å². The molecule has 2 fully saturated rings. The summed E-state index contributed by atoms with van der Waals surface area (Å²) in [7, 11) is -2.76. The molecule has 3 heterocycles. The Hall–Kier alpha value is -4.29. The van der Waals surface area contributed by atoms with Gasteiger partial charge in [-0.05, 0) is 53.3 Å². The van der Waals surface area contributed by atoms with Crippen LogP contribution in [-0.2, 0) is 31.4 Å². The number of rotatable bonds is 8. The lowest BCUT2D eigenvalue weighted by atomic mass is 9.86. The third-order valence-corrected chi connectivity index (χ3v) is 10.1. The van der Waals surface area contributed by atoms with Gasteiger partial charge in [-0.25, -0.2) is 8.42 Å². The maximum atomic E-state index is 14.1. The lowest BCUT2D eigenvalue weighted by Crippen LogP contribution is -2.53. The minimum absolute atomic E-state index is 0.0994. The maximum Gasteiger partial charge on any atom is 0.323 e. The molecule has 232 valence electrons. The smallest absolute Gasteiger partial charge is 0.323 e. The van der Waals surface area contributed by atoms with Crippen molar-refractivity contribution in [2.24, 2.45) is 0 Å². The van der Waals surface area contributed by atoms with Crippen LogP contribution in [0.4, 0.5) is 0 Å². The second-order valence-corrected chi connectivity index (χ2v) is 14.0. The summed E-state index contributed by atoms with van der Waals surface area (Å²) in [5.74, 6) is -0.735. The standard InChI is InChI=1S/C32H36N4O7S/c1-32(2,3)23-12-10-22(11-13-23)30(38)33-25(19-21-8-14-24(43-4)15-9-21)31(39)34-18-16-26-29(34)27(37)20-36(26)44(41,42)28-7-5-6-17-35(28)40/h5-15,17,25-26,29H,16,18-20H2,1-4H3,(H,33,38). The first-order chi connectivity index (χ1) is 20.8. The zero-order valence-corrected chi connectivity index (χ0v) is 25.9. The third kappa shape index (κ3) is 6.04. The van der Waals surface area contributed by atoms with Crippen molar-refractivity contribution in [3.8, 4) is 5.75 Å². The number of benzene rings is 2. The number of hydrogen-bond acceptors (Lipinski definition) is 7. The van der Waals surface area contributed by atoms with Crippen molar-refractivity contribution < 1.29 is 32.3 Å². The number of nitrogens with zero attached hydrogens (tertiary/aromatic N) is 3. The van der Waals surface area contributed by atoms with Gasteiger partial charge in [0.2, 0.25) is 5.91 Å². The van der Waals surface area contributed by atoms with Crippen molar-refractivity contribution in [3.63, 3.8) is 0 Å². The largest absolute Gasteiger partial charge is 0.618 e. The topological polar surface area (TPSA) is 140 Å². The molecule has 3 aromatic rings. The van der Waals surface area contributed by atoms with Crippen LogP contribution >= 0.6 is 0 Å². The minimum atomic E-state index is -4.31. The van der Waals surface area contributed by atoms with Crippen molar-refractivity contribution in [1.29, 1.82) is 0 Å². The summed E-state index contributed by atoms with van der Waals surface area (Å²) in [5, 5.41) is 14.7. The zero-order chi connectivity index (χ0) is 31.8. The van der Waals surface area contributed by atoms with Crippen LogP contribution in [-0.4, -0.2) is 73.5 Å². The quantitative estimate of drug-likeness (QED) is 0.301. The number of ketones is 1. The Morgan fingerprint density at radius 3 is 2.36 bits per heavy atom. The molecule has 0 bridgehead atoms. The molecule has 5 rings (SSSR count). The van der Waals surface area contributed by atoms with Crippen LogP contribution in [0, 0.1) is 5.21 Å². The Labute approximate surface area is 257 Å². The highest BCUT2D eigenvalue weighted by Crippen LogP contribution is 2.34. The number of likely N-dealkylation sites (tertiary alicyclic amines) is 1. The van der Waals surface area contributed by atoms with E-state index in [0.29, 0.717) is 11.3 Å². The van der Waals surface area contributed by atoms with Gasteiger partial charge in [0.1, 0.15) is 17.8 Å². The molecule has 2 aromatic carbocycles. The first-order valence-electron chi connectivity index (χ1n) is 14.4. The number of carbonyl (C=O) groups excluding carboxylic acids is 3. The van der Waals surface area contributed by atoms with Gasteiger partial charge in [-0.15, -0.1) is 0 Å². The van der Waals surface area contributed by atoms with Crippen molar-refractivity contribution >= 4 is 27.6 Å². The van der Waals surface area contributed by atoms with Crippen molar-refractivity contribution in [3.05, 3.63) is 94.8 Å². The van der Waals surface area contributed by atoms with Crippen LogP contribution < -0.4 is 14.8 Å². The second-order valence-electron chi connectivity index (χ2n) is 12.1. The molecule has 0 aliphatic carbocycles. The molecule has 0 spiro atoms. The number of nitrogens with one attached hydrogen (secondary N) is 1. The number of Topliss-reactive ketones (excluding diaryl/α,β-unsaturated/α-hetero) is 1. The van der Waals surface area contributed by atoms with Gasteiger partial charge in [-0.2, -0.15) is 9.04 Å².